The number of carbonyl (C=O) groups excluding carboxylic acids is 1. The monoisotopic (exact) mass is 471 g/mol. The van der Waals surface area contributed by atoms with Gasteiger partial charge in [-0.1, -0.05) is 55.1 Å². The fraction of sp³-hybridized carbons (Fsp3) is 0.400. The highest BCUT2D eigenvalue weighted by atomic mass is 32.2. The predicted octanol–water partition coefficient (Wildman–Crippen LogP) is 3.94. The maximum atomic E-state index is 13.2. The minimum absolute atomic E-state index is 0.126. The summed E-state index contributed by atoms with van der Waals surface area (Å²) in [6.07, 6.45) is 2.61. The molecule has 1 saturated carbocycles. The van der Waals surface area contributed by atoms with E-state index in [1.165, 1.54) is 0 Å². The van der Waals surface area contributed by atoms with Gasteiger partial charge in [0.25, 0.3) is 0 Å². The molecule has 8 heteroatoms. The Morgan fingerprint density at radius 3 is 2.48 bits per heavy atom. The number of hydrogen-bond donors (Lipinski definition) is 1. The Hall–Kier alpha value is -2.68. The van der Waals surface area contributed by atoms with E-state index in [1.54, 1.807) is 30.3 Å². The van der Waals surface area contributed by atoms with Gasteiger partial charge in [-0.3, -0.25) is 0 Å². The molecule has 2 fully saturated rings. The average Bonchev–Trinajstić information content (AvgIpc) is 3.28. The molecule has 2 aliphatic rings. The number of sulfone groups is 1. The zero-order valence-electron chi connectivity index (χ0n) is 18.4. The van der Waals surface area contributed by atoms with Gasteiger partial charge in [-0.2, -0.15) is 0 Å². The fourth-order valence-electron chi connectivity index (χ4n) is 4.48. The van der Waals surface area contributed by atoms with Crippen LogP contribution in [0.15, 0.2) is 66.1 Å². The molecular formula is C25H29NO6S. The molecule has 2 unspecified atom stereocenters. The van der Waals surface area contributed by atoms with E-state index < -0.39 is 21.7 Å². The molecule has 1 aliphatic heterocycles. The lowest BCUT2D eigenvalue weighted by Crippen LogP contribution is -2.51. The molecule has 7 nitrogen and oxygen atoms in total. The second-order valence-corrected chi connectivity index (χ2v) is 10.5. The van der Waals surface area contributed by atoms with E-state index in [-0.39, 0.29) is 29.2 Å². The number of alkyl carbamates (subject to hydrolysis) is 1. The van der Waals surface area contributed by atoms with Crippen molar-refractivity contribution in [3.8, 4) is 0 Å². The highest BCUT2D eigenvalue weighted by Gasteiger charge is 2.46. The molecule has 176 valence electrons. The van der Waals surface area contributed by atoms with Crippen LogP contribution in [-0.4, -0.2) is 45.3 Å². The van der Waals surface area contributed by atoms with Gasteiger partial charge < -0.3 is 19.5 Å². The van der Waals surface area contributed by atoms with E-state index >= 15 is 0 Å². The summed E-state index contributed by atoms with van der Waals surface area (Å²) in [5.41, 5.74) is 1.73. The normalized spacial score (nSPS) is 22.1. The first-order valence-corrected chi connectivity index (χ1v) is 12.7. The molecule has 0 radical (unpaired) electrons. The lowest BCUT2D eigenvalue weighted by Gasteiger charge is -2.41. The second kappa shape index (κ2) is 10.1. The molecule has 0 bridgehead atoms. The van der Waals surface area contributed by atoms with Gasteiger partial charge in [-0.25, -0.2) is 13.2 Å². The molecule has 2 atom stereocenters. The van der Waals surface area contributed by atoms with E-state index in [0.29, 0.717) is 32.5 Å². The fourth-order valence-corrected chi connectivity index (χ4v) is 6.14. The quantitative estimate of drug-likeness (QED) is 0.658. The van der Waals surface area contributed by atoms with Gasteiger partial charge in [-0.15, -0.1) is 0 Å². The van der Waals surface area contributed by atoms with Gasteiger partial charge in [0.1, 0.15) is 6.61 Å². The Labute approximate surface area is 194 Å². The topological polar surface area (TPSA) is 90.9 Å². The van der Waals surface area contributed by atoms with E-state index in [9.17, 15) is 13.2 Å². The second-order valence-electron chi connectivity index (χ2n) is 8.48. The lowest BCUT2D eigenvalue weighted by molar-refractivity contribution is -0.188. The summed E-state index contributed by atoms with van der Waals surface area (Å²) in [6.45, 7) is 4.82. The number of benzene rings is 2. The van der Waals surface area contributed by atoms with Gasteiger partial charge >= 0.3 is 6.09 Å². The van der Waals surface area contributed by atoms with Crippen molar-refractivity contribution >= 4 is 22.0 Å². The van der Waals surface area contributed by atoms with Crippen LogP contribution in [0.3, 0.4) is 0 Å². The van der Waals surface area contributed by atoms with Gasteiger partial charge in [0.15, 0.2) is 15.6 Å². The maximum Gasteiger partial charge on any atom is 0.407 e. The molecule has 2 aromatic carbocycles. The predicted molar refractivity (Wildman–Crippen MR) is 124 cm³/mol. The molecule has 0 aromatic heterocycles. The third-order valence-electron chi connectivity index (χ3n) is 6.22. The first-order valence-electron chi connectivity index (χ1n) is 11.1. The molecule has 1 saturated heterocycles. The van der Waals surface area contributed by atoms with Crippen LogP contribution >= 0.6 is 0 Å². The molecule has 1 N–H and O–H groups in total. The average molecular weight is 472 g/mol. The Morgan fingerprint density at radius 2 is 1.82 bits per heavy atom. The summed E-state index contributed by atoms with van der Waals surface area (Å²) >= 11 is 0. The van der Waals surface area contributed by atoms with Crippen molar-refractivity contribution in [1.29, 1.82) is 0 Å². The SMILES string of the molecule is C=Cc1ccc(S(=O)(=O)CC2CC3(CCC2NC(=O)OCc2ccccc2)OCCO3)cc1. The molecule has 1 spiro atoms. The summed E-state index contributed by atoms with van der Waals surface area (Å²) in [7, 11) is -3.59. The largest absolute Gasteiger partial charge is 0.445 e. The first kappa shape index (κ1) is 23.5. The van der Waals surface area contributed by atoms with E-state index in [4.69, 9.17) is 14.2 Å². The molecule has 33 heavy (non-hydrogen) atoms. The molecule has 1 heterocycles. The molecular weight excluding hydrogens is 442 g/mol. The summed E-state index contributed by atoms with van der Waals surface area (Å²) in [6, 6.07) is 15.7. The highest BCUT2D eigenvalue weighted by Crippen LogP contribution is 2.40. The summed E-state index contributed by atoms with van der Waals surface area (Å²) in [4.78, 5) is 12.7. The van der Waals surface area contributed by atoms with Crippen molar-refractivity contribution in [2.45, 2.75) is 42.6 Å². The van der Waals surface area contributed by atoms with Crippen molar-refractivity contribution < 1.29 is 27.4 Å². The third-order valence-corrected chi connectivity index (χ3v) is 8.07. The van der Waals surface area contributed by atoms with Crippen LogP contribution < -0.4 is 5.32 Å². The number of ether oxygens (including phenoxy) is 3. The van der Waals surface area contributed by atoms with Gasteiger partial charge in [0.05, 0.1) is 23.9 Å². The van der Waals surface area contributed by atoms with E-state index in [0.717, 1.165) is 11.1 Å². The Bertz CT molecular complexity index is 1060. The Morgan fingerprint density at radius 1 is 1.12 bits per heavy atom. The molecule has 4 rings (SSSR count). The highest BCUT2D eigenvalue weighted by molar-refractivity contribution is 7.91. The smallest absolute Gasteiger partial charge is 0.407 e. The first-order chi connectivity index (χ1) is 15.9. The minimum atomic E-state index is -3.59. The number of hydrogen-bond acceptors (Lipinski definition) is 6. The molecule has 1 aliphatic carbocycles. The minimum Gasteiger partial charge on any atom is -0.445 e. The molecule has 2 aromatic rings. The summed E-state index contributed by atoms with van der Waals surface area (Å²) in [5, 5.41) is 2.89. The third kappa shape index (κ3) is 5.82. The van der Waals surface area contributed by atoms with Crippen molar-refractivity contribution in [3.05, 3.63) is 72.3 Å². The Balaban J connectivity index is 1.46. The zero-order chi connectivity index (χ0) is 23.3. The lowest BCUT2D eigenvalue weighted by atomic mass is 9.81. The van der Waals surface area contributed by atoms with Crippen LogP contribution in [0.5, 0.6) is 0 Å². The zero-order valence-corrected chi connectivity index (χ0v) is 19.3. The van der Waals surface area contributed by atoms with Gasteiger partial charge in [-0.05, 0) is 35.6 Å². The van der Waals surface area contributed by atoms with Crippen LogP contribution in [0.4, 0.5) is 4.79 Å². The molecule has 1 amide bonds. The van der Waals surface area contributed by atoms with E-state index in [1.807, 2.05) is 30.3 Å². The van der Waals surface area contributed by atoms with Crippen LogP contribution in [0.2, 0.25) is 0 Å². The van der Waals surface area contributed by atoms with Crippen molar-refractivity contribution in [2.24, 2.45) is 5.92 Å². The Kier molecular flexibility index (Phi) is 7.17. The number of nitrogens with one attached hydrogen (secondary N) is 1. The van der Waals surface area contributed by atoms with E-state index in [2.05, 4.69) is 11.9 Å². The van der Waals surface area contributed by atoms with Crippen LogP contribution in [-0.2, 0) is 30.7 Å². The van der Waals surface area contributed by atoms with Crippen LogP contribution in [0.25, 0.3) is 6.08 Å². The van der Waals surface area contributed by atoms with Crippen molar-refractivity contribution in [3.63, 3.8) is 0 Å². The van der Waals surface area contributed by atoms with Crippen molar-refractivity contribution in [1.82, 2.24) is 5.32 Å². The number of amides is 1. The van der Waals surface area contributed by atoms with Gasteiger partial charge in [0, 0.05) is 18.9 Å². The summed E-state index contributed by atoms with van der Waals surface area (Å²) < 4.78 is 43.5. The van der Waals surface area contributed by atoms with Crippen LogP contribution in [0, 0.1) is 5.92 Å². The number of carbonyl (C=O) groups is 1. The van der Waals surface area contributed by atoms with Crippen LogP contribution in [0.1, 0.15) is 30.4 Å². The van der Waals surface area contributed by atoms with Gasteiger partial charge in [0.2, 0.25) is 0 Å². The van der Waals surface area contributed by atoms with Crippen molar-refractivity contribution in [2.75, 3.05) is 19.0 Å². The standard InChI is InChI=1S/C25H29NO6S/c1-2-19-8-10-22(11-9-19)33(28,29)18-21-16-25(31-14-15-32-25)13-12-23(21)26-24(27)30-17-20-6-4-3-5-7-20/h2-11,21,23H,1,12-18H2,(H,26,27). The number of rotatable bonds is 7. The summed E-state index contributed by atoms with van der Waals surface area (Å²) in [5.74, 6) is -1.29. The maximum absolute atomic E-state index is 13.2.